The van der Waals surface area contributed by atoms with E-state index in [0.29, 0.717) is 19.4 Å². The molecule has 0 unspecified atom stereocenters. The van der Waals surface area contributed by atoms with Gasteiger partial charge in [-0.3, -0.25) is 8.57 Å². The lowest BCUT2D eigenvalue weighted by atomic mass is 10.1. The van der Waals surface area contributed by atoms with E-state index in [9.17, 15) is 12.8 Å². The van der Waals surface area contributed by atoms with Crippen molar-refractivity contribution in [1.29, 1.82) is 0 Å². The van der Waals surface area contributed by atoms with Crippen molar-refractivity contribution >= 4 is 10.1 Å². The Labute approximate surface area is 194 Å². The van der Waals surface area contributed by atoms with Crippen molar-refractivity contribution in [1.82, 2.24) is 6.15 Å². The zero-order chi connectivity index (χ0) is 22.2. The predicted molar refractivity (Wildman–Crippen MR) is 133 cm³/mol. The van der Waals surface area contributed by atoms with E-state index in [4.69, 9.17) is 4.18 Å². The van der Waals surface area contributed by atoms with Crippen molar-refractivity contribution in [3.05, 3.63) is 0 Å². The Morgan fingerprint density at radius 2 is 0.903 bits per heavy atom. The number of hydrogen-bond acceptors (Lipinski definition) is 4. The summed E-state index contributed by atoms with van der Waals surface area (Å²) in [6.07, 6.45) is 24.2. The van der Waals surface area contributed by atoms with Crippen LogP contribution in [-0.2, 0) is 14.3 Å². The number of halogens is 1. The summed E-state index contributed by atoms with van der Waals surface area (Å²) >= 11 is 0. The molecule has 6 heteroatoms. The third-order valence-electron chi connectivity index (χ3n) is 5.79. The summed E-state index contributed by atoms with van der Waals surface area (Å²) in [4.78, 5) is 0. The van der Waals surface area contributed by atoms with Gasteiger partial charge in [-0.15, -0.1) is 0 Å². The SMILES string of the molecule is CCCCCCCCCCCCCOS(=O)(=O)CCCCCCCCCCCCF.N. The molecule has 3 N–H and O–H groups in total. The summed E-state index contributed by atoms with van der Waals surface area (Å²) in [7, 11) is -3.33. The van der Waals surface area contributed by atoms with Crippen LogP contribution in [0.4, 0.5) is 4.39 Å². The second kappa shape index (κ2) is 26.1. The minimum atomic E-state index is -3.33. The van der Waals surface area contributed by atoms with Crippen LogP contribution in [0.5, 0.6) is 0 Å². The van der Waals surface area contributed by atoms with Gasteiger partial charge in [0.25, 0.3) is 10.1 Å². The number of alkyl halides is 1. The van der Waals surface area contributed by atoms with Crippen LogP contribution in [0, 0.1) is 0 Å². The van der Waals surface area contributed by atoms with Gasteiger partial charge < -0.3 is 6.15 Å². The van der Waals surface area contributed by atoms with Crippen LogP contribution in [0.3, 0.4) is 0 Å². The first-order chi connectivity index (χ1) is 14.6. The quantitative estimate of drug-likeness (QED) is 0.108. The topological polar surface area (TPSA) is 78.4 Å². The van der Waals surface area contributed by atoms with Crippen molar-refractivity contribution < 1.29 is 17.0 Å². The highest BCUT2D eigenvalue weighted by atomic mass is 32.2. The van der Waals surface area contributed by atoms with Gasteiger partial charge in [0, 0.05) is 0 Å². The second-order valence-corrected chi connectivity index (χ2v) is 10.6. The average molecular weight is 468 g/mol. The first-order valence-corrected chi connectivity index (χ1v) is 14.6. The molecule has 0 spiro atoms. The fourth-order valence-corrected chi connectivity index (χ4v) is 4.85. The molecule has 4 nitrogen and oxygen atoms in total. The molecule has 0 aliphatic carbocycles. The Balaban J connectivity index is 0. The average Bonchev–Trinajstić information content (AvgIpc) is 2.72. The summed E-state index contributed by atoms with van der Waals surface area (Å²) in [5, 5.41) is 0. The Bertz CT molecular complexity index is 432. The van der Waals surface area contributed by atoms with E-state index < -0.39 is 10.1 Å². The molecule has 0 amide bonds. The fourth-order valence-electron chi connectivity index (χ4n) is 3.80. The van der Waals surface area contributed by atoms with E-state index in [1.807, 2.05) is 0 Å². The normalized spacial score (nSPS) is 11.5. The van der Waals surface area contributed by atoms with Gasteiger partial charge in [0.15, 0.2) is 0 Å². The molecule has 0 saturated heterocycles. The molecule has 0 atom stereocenters. The highest BCUT2D eigenvalue weighted by molar-refractivity contribution is 7.86. The Morgan fingerprint density at radius 3 is 1.32 bits per heavy atom. The first kappa shape index (κ1) is 33.0. The van der Waals surface area contributed by atoms with Gasteiger partial charge in [-0.1, -0.05) is 122 Å². The highest BCUT2D eigenvalue weighted by Gasteiger charge is 2.10. The lowest BCUT2D eigenvalue weighted by molar-refractivity contribution is 0.305. The van der Waals surface area contributed by atoms with E-state index >= 15 is 0 Å². The van der Waals surface area contributed by atoms with Crippen molar-refractivity contribution in [3.8, 4) is 0 Å². The summed E-state index contributed by atoms with van der Waals surface area (Å²) in [6, 6.07) is 0. The molecule has 0 aromatic carbocycles. The molecule has 0 rings (SSSR count). The molecule has 0 aromatic rings. The van der Waals surface area contributed by atoms with Gasteiger partial charge >= 0.3 is 0 Å². The maximum Gasteiger partial charge on any atom is 0.267 e. The molecule has 0 bridgehead atoms. The van der Waals surface area contributed by atoms with Crippen molar-refractivity contribution in [2.75, 3.05) is 19.0 Å². The van der Waals surface area contributed by atoms with E-state index in [1.54, 1.807) is 0 Å². The summed E-state index contributed by atoms with van der Waals surface area (Å²) < 4.78 is 41.0. The van der Waals surface area contributed by atoms with Crippen LogP contribution in [-0.4, -0.2) is 27.5 Å². The predicted octanol–water partition coefficient (Wildman–Crippen LogP) is 8.68. The van der Waals surface area contributed by atoms with Crippen LogP contribution >= 0.6 is 0 Å². The molecule has 190 valence electrons. The Morgan fingerprint density at radius 1 is 0.548 bits per heavy atom. The summed E-state index contributed by atoms with van der Waals surface area (Å²) in [6.45, 7) is 2.41. The summed E-state index contributed by atoms with van der Waals surface area (Å²) in [5.74, 6) is 0.161. The number of hydrogen-bond donors (Lipinski definition) is 1. The molecule has 0 heterocycles. The molecule has 0 aliphatic heterocycles. The maximum atomic E-state index is 12.0. The number of unbranched alkanes of at least 4 members (excludes halogenated alkanes) is 19. The zero-order valence-electron chi connectivity index (χ0n) is 20.7. The van der Waals surface area contributed by atoms with Crippen LogP contribution < -0.4 is 6.15 Å². The first-order valence-electron chi connectivity index (χ1n) is 13.1. The Hall–Kier alpha value is -0.200. The van der Waals surface area contributed by atoms with Gasteiger partial charge in [-0.05, 0) is 19.3 Å². The Kier molecular flexibility index (Phi) is 27.7. The molecule has 0 fully saturated rings. The van der Waals surface area contributed by atoms with Crippen LogP contribution in [0.1, 0.15) is 142 Å². The van der Waals surface area contributed by atoms with Gasteiger partial charge in [-0.25, -0.2) is 0 Å². The van der Waals surface area contributed by atoms with E-state index in [1.165, 1.54) is 83.5 Å². The minimum absolute atomic E-state index is 0. The fraction of sp³-hybridized carbons (Fsp3) is 1.00. The lowest BCUT2D eigenvalue weighted by Crippen LogP contribution is -2.11. The maximum absolute atomic E-state index is 12.0. The molecule has 0 aromatic heterocycles. The van der Waals surface area contributed by atoms with E-state index in [2.05, 4.69) is 6.92 Å². The third-order valence-corrected chi connectivity index (χ3v) is 7.10. The molecule has 0 aliphatic rings. The summed E-state index contributed by atoms with van der Waals surface area (Å²) in [5.41, 5.74) is 0. The third kappa shape index (κ3) is 27.8. The van der Waals surface area contributed by atoms with Crippen LogP contribution in [0.2, 0.25) is 0 Å². The minimum Gasteiger partial charge on any atom is -0.344 e. The van der Waals surface area contributed by atoms with Crippen molar-refractivity contribution in [3.63, 3.8) is 0 Å². The molecule has 0 radical (unpaired) electrons. The number of rotatable bonds is 25. The molecule has 31 heavy (non-hydrogen) atoms. The molecular weight excluding hydrogens is 413 g/mol. The van der Waals surface area contributed by atoms with Gasteiger partial charge in [0.05, 0.1) is 19.0 Å². The van der Waals surface area contributed by atoms with Crippen LogP contribution in [0.15, 0.2) is 0 Å². The standard InChI is InChI=1S/C25H51FO3S.H3N/c1-2-3-4-5-6-7-9-12-15-18-21-24-29-30(27,28)25-22-19-16-13-10-8-11-14-17-20-23-26;/h2-25H2,1H3;1H3. The van der Waals surface area contributed by atoms with E-state index in [-0.39, 0.29) is 18.6 Å². The monoisotopic (exact) mass is 467 g/mol. The van der Waals surface area contributed by atoms with Gasteiger partial charge in [0.2, 0.25) is 0 Å². The van der Waals surface area contributed by atoms with Crippen molar-refractivity contribution in [2.24, 2.45) is 0 Å². The van der Waals surface area contributed by atoms with Gasteiger partial charge in [0.1, 0.15) is 0 Å². The lowest BCUT2D eigenvalue weighted by Gasteiger charge is -2.06. The van der Waals surface area contributed by atoms with Crippen LogP contribution in [0.25, 0.3) is 0 Å². The second-order valence-electron chi connectivity index (χ2n) is 8.84. The smallest absolute Gasteiger partial charge is 0.267 e. The zero-order valence-corrected chi connectivity index (χ0v) is 21.5. The molecule has 0 saturated carbocycles. The molecular formula is C25H54FNO3S. The van der Waals surface area contributed by atoms with E-state index in [0.717, 1.165) is 38.5 Å². The largest absolute Gasteiger partial charge is 0.344 e. The van der Waals surface area contributed by atoms with Crippen molar-refractivity contribution in [2.45, 2.75) is 142 Å². The van der Waals surface area contributed by atoms with Gasteiger partial charge in [-0.2, -0.15) is 8.42 Å². The highest BCUT2D eigenvalue weighted by Crippen LogP contribution is 2.13.